The summed E-state index contributed by atoms with van der Waals surface area (Å²) >= 11 is 3.22. The highest BCUT2D eigenvalue weighted by Crippen LogP contribution is 2.13. The number of hydrogen-bond acceptors (Lipinski definition) is 4. The van der Waals surface area contributed by atoms with Crippen LogP contribution in [0.2, 0.25) is 0 Å². The van der Waals surface area contributed by atoms with Crippen molar-refractivity contribution in [2.45, 2.75) is 6.04 Å². The second-order valence-corrected chi connectivity index (χ2v) is 4.70. The number of carbonyl (C=O) groups excluding carboxylic acids is 1. The summed E-state index contributed by atoms with van der Waals surface area (Å²) in [5.41, 5.74) is 0.228. The van der Waals surface area contributed by atoms with E-state index in [0.717, 1.165) is 4.47 Å². The minimum absolute atomic E-state index is 0.0115. The summed E-state index contributed by atoms with van der Waals surface area (Å²) in [6.45, 7) is 0.608. The highest BCUT2D eigenvalue weighted by molar-refractivity contribution is 9.10. The Labute approximate surface area is 112 Å². The van der Waals surface area contributed by atoms with Crippen molar-refractivity contribution in [1.82, 2.24) is 9.88 Å². The number of amides is 1. The minimum atomic E-state index is -1.07. The minimum Gasteiger partial charge on any atom is -0.480 e. The van der Waals surface area contributed by atoms with Crippen LogP contribution in [0.3, 0.4) is 0 Å². The number of carbonyl (C=O) groups is 2. The second kappa shape index (κ2) is 5.45. The molecule has 1 aliphatic heterocycles. The quantitative estimate of drug-likeness (QED) is 0.872. The van der Waals surface area contributed by atoms with Gasteiger partial charge < -0.3 is 14.7 Å². The molecule has 0 aromatic carbocycles. The van der Waals surface area contributed by atoms with Crippen molar-refractivity contribution >= 4 is 27.8 Å². The van der Waals surface area contributed by atoms with Crippen LogP contribution in [0.25, 0.3) is 0 Å². The highest BCUT2D eigenvalue weighted by Gasteiger charge is 2.33. The van der Waals surface area contributed by atoms with Crippen LogP contribution in [0.15, 0.2) is 22.8 Å². The van der Waals surface area contributed by atoms with Gasteiger partial charge in [0.1, 0.15) is 5.69 Å². The molecule has 1 aliphatic rings. The first-order chi connectivity index (χ1) is 8.59. The van der Waals surface area contributed by atoms with Gasteiger partial charge in [-0.25, -0.2) is 9.78 Å². The normalized spacial score (nSPS) is 19.6. The average Bonchev–Trinajstić information content (AvgIpc) is 2.39. The summed E-state index contributed by atoms with van der Waals surface area (Å²) in [7, 11) is 0. The number of nitrogens with zero attached hydrogens (tertiary/aromatic N) is 2. The third kappa shape index (κ3) is 2.68. The van der Waals surface area contributed by atoms with Crippen LogP contribution in [0.4, 0.5) is 0 Å². The molecule has 1 fully saturated rings. The van der Waals surface area contributed by atoms with Gasteiger partial charge in [-0.15, -0.1) is 0 Å². The number of carboxylic acids is 1. The average molecular weight is 315 g/mol. The molecule has 2 rings (SSSR count). The molecule has 0 radical (unpaired) electrons. The maximum absolute atomic E-state index is 12.2. The number of morpholine rings is 1. The van der Waals surface area contributed by atoms with Crippen molar-refractivity contribution in [3.63, 3.8) is 0 Å². The van der Waals surface area contributed by atoms with E-state index in [1.54, 1.807) is 12.1 Å². The second-order valence-electron chi connectivity index (χ2n) is 3.79. The fourth-order valence-corrected chi connectivity index (χ4v) is 1.94. The molecule has 0 aliphatic carbocycles. The Bertz CT molecular complexity index is 463. The van der Waals surface area contributed by atoms with Crippen molar-refractivity contribution in [3.05, 3.63) is 28.5 Å². The van der Waals surface area contributed by atoms with E-state index in [-0.39, 0.29) is 18.8 Å². The molecule has 1 amide bonds. The molecule has 1 aromatic heterocycles. The molecule has 96 valence electrons. The van der Waals surface area contributed by atoms with Gasteiger partial charge in [-0.2, -0.15) is 0 Å². The zero-order valence-electron chi connectivity index (χ0n) is 9.38. The fraction of sp³-hybridized carbons (Fsp3) is 0.364. The van der Waals surface area contributed by atoms with Crippen LogP contribution in [-0.4, -0.2) is 52.7 Å². The van der Waals surface area contributed by atoms with Gasteiger partial charge in [0.05, 0.1) is 13.2 Å². The van der Waals surface area contributed by atoms with Gasteiger partial charge >= 0.3 is 5.97 Å². The van der Waals surface area contributed by atoms with Crippen LogP contribution in [0.1, 0.15) is 10.5 Å². The maximum atomic E-state index is 12.2. The van der Waals surface area contributed by atoms with Crippen molar-refractivity contribution in [2.75, 3.05) is 19.8 Å². The summed E-state index contributed by atoms with van der Waals surface area (Å²) in [6, 6.07) is 2.30. The molecule has 0 bridgehead atoms. The first-order valence-corrected chi connectivity index (χ1v) is 6.12. The predicted octanol–water partition coefficient (Wildman–Crippen LogP) is 0.770. The Morgan fingerprint density at radius 1 is 1.50 bits per heavy atom. The van der Waals surface area contributed by atoms with Gasteiger partial charge in [-0.05, 0) is 28.1 Å². The van der Waals surface area contributed by atoms with Crippen LogP contribution in [0, 0.1) is 0 Å². The largest absolute Gasteiger partial charge is 0.480 e. The van der Waals surface area contributed by atoms with Crippen LogP contribution < -0.4 is 0 Å². The zero-order valence-corrected chi connectivity index (χ0v) is 11.0. The number of aromatic nitrogens is 1. The van der Waals surface area contributed by atoms with Crippen LogP contribution in [0.5, 0.6) is 0 Å². The molecule has 0 saturated carbocycles. The predicted molar refractivity (Wildman–Crippen MR) is 65.2 cm³/mol. The first kappa shape index (κ1) is 13.0. The lowest BCUT2D eigenvalue weighted by Gasteiger charge is -2.32. The number of rotatable bonds is 2. The molecule has 0 spiro atoms. The Kier molecular flexibility index (Phi) is 3.93. The van der Waals surface area contributed by atoms with Crippen molar-refractivity contribution in [2.24, 2.45) is 0 Å². The molecule has 1 aromatic rings. The van der Waals surface area contributed by atoms with E-state index in [1.165, 1.54) is 11.1 Å². The molecule has 1 atom stereocenters. The topological polar surface area (TPSA) is 79.7 Å². The number of pyridine rings is 1. The zero-order chi connectivity index (χ0) is 13.1. The molecule has 7 heteroatoms. The Morgan fingerprint density at radius 2 is 2.28 bits per heavy atom. The van der Waals surface area contributed by atoms with Crippen molar-refractivity contribution < 1.29 is 19.4 Å². The molecule has 6 nitrogen and oxygen atoms in total. The van der Waals surface area contributed by atoms with Crippen molar-refractivity contribution in [1.29, 1.82) is 0 Å². The summed E-state index contributed by atoms with van der Waals surface area (Å²) in [5, 5.41) is 9.05. The van der Waals surface area contributed by atoms with Crippen LogP contribution in [-0.2, 0) is 9.53 Å². The number of aliphatic carboxylic acids is 1. The highest BCUT2D eigenvalue weighted by atomic mass is 79.9. The lowest BCUT2D eigenvalue weighted by Crippen LogP contribution is -2.52. The molecule has 2 heterocycles. The lowest BCUT2D eigenvalue weighted by molar-refractivity contribution is -0.147. The number of ether oxygens (including phenoxy) is 1. The van der Waals surface area contributed by atoms with E-state index in [2.05, 4.69) is 20.9 Å². The van der Waals surface area contributed by atoms with Gasteiger partial charge in [0.25, 0.3) is 5.91 Å². The molecule has 0 unspecified atom stereocenters. The van der Waals surface area contributed by atoms with E-state index < -0.39 is 17.9 Å². The molecular weight excluding hydrogens is 304 g/mol. The summed E-state index contributed by atoms with van der Waals surface area (Å²) in [6.07, 6.45) is 1.50. The van der Waals surface area contributed by atoms with E-state index in [1.807, 2.05) is 0 Å². The fourth-order valence-electron chi connectivity index (χ4n) is 1.70. The van der Waals surface area contributed by atoms with Gasteiger partial charge in [-0.3, -0.25) is 4.79 Å². The maximum Gasteiger partial charge on any atom is 0.328 e. The molecule has 1 N–H and O–H groups in total. The summed E-state index contributed by atoms with van der Waals surface area (Å²) in [4.78, 5) is 28.5. The number of carboxylic acid groups (broad SMARTS) is 1. The SMILES string of the molecule is O=C(O)[C@@H]1COCCN1C(=O)c1ccc(Br)cn1. The third-order valence-corrected chi connectivity index (χ3v) is 3.09. The Hall–Kier alpha value is -1.47. The lowest BCUT2D eigenvalue weighted by atomic mass is 10.2. The van der Waals surface area contributed by atoms with Crippen molar-refractivity contribution in [3.8, 4) is 0 Å². The van der Waals surface area contributed by atoms with E-state index in [9.17, 15) is 9.59 Å². The Morgan fingerprint density at radius 3 is 2.89 bits per heavy atom. The standard InChI is InChI=1S/C11H11BrN2O4/c12-7-1-2-8(13-5-7)10(15)14-3-4-18-6-9(14)11(16)17/h1-2,5,9H,3-4,6H2,(H,16,17)/t9-/m0/s1. The van der Waals surface area contributed by atoms with Gasteiger partial charge in [0.2, 0.25) is 0 Å². The molecular formula is C11H11BrN2O4. The smallest absolute Gasteiger partial charge is 0.328 e. The molecule has 18 heavy (non-hydrogen) atoms. The van der Waals surface area contributed by atoms with Gasteiger partial charge in [-0.1, -0.05) is 0 Å². The molecule has 1 saturated heterocycles. The third-order valence-electron chi connectivity index (χ3n) is 2.62. The van der Waals surface area contributed by atoms with E-state index in [0.29, 0.717) is 6.61 Å². The van der Waals surface area contributed by atoms with Crippen LogP contribution >= 0.6 is 15.9 Å². The summed E-state index contributed by atoms with van der Waals surface area (Å²) < 4.78 is 5.84. The number of hydrogen-bond donors (Lipinski definition) is 1. The van der Waals surface area contributed by atoms with E-state index in [4.69, 9.17) is 9.84 Å². The van der Waals surface area contributed by atoms with Gasteiger partial charge in [0.15, 0.2) is 6.04 Å². The van der Waals surface area contributed by atoms with E-state index >= 15 is 0 Å². The number of halogens is 1. The monoisotopic (exact) mass is 314 g/mol. The van der Waals surface area contributed by atoms with Gasteiger partial charge in [0, 0.05) is 17.2 Å². The Balaban J connectivity index is 2.20. The first-order valence-electron chi connectivity index (χ1n) is 5.32. The summed E-state index contributed by atoms with van der Waals surface area (Å²) in [5.74, 6) is -1.46.